The topological polar surface area (TPSA) is 43.1 Å². The number of nitrogens with zero attached hydrogens (tertiary/aromatic N) is 4. The molecule has 1 saturated heterocycles. The van der Waals surface area contributed by atoms with Gasteiger partial charge in [-0.1, -0.05) is 19.9 Å². The maximum atomic E-state index is 5.04. The van der Waals surface area contributed by atoms with E-state index in [-0.39, 0.29) is 5.54 Å². The van der Waals surface area contributed by atoms with Gasteiger partial charge in [0, 0.05) is 42.7 Å². The summed E-state index contributed by atoms with van der Waals surface area (Å²) < 4.78 is 1.01. The second-order valence-corrected chi connectivity index (χ2v) is 7.35. The standard InChI is InChI=1S/C18H22BrN4/c1-14(2)18(10-15-4-3-7-20-11-15)13-23(9-8-22-18)17-6-5-16(19)12-21-17/h3-7,11-12,14H,8-10,13H2,1-2H3. The molecule has 3 heterocycles. The van der Waals surface area contributed by atoms with Crippen LogP contribution in [-0.2, 0) is 6.42 Å². The molecular formula is C18H22BrN4. The molecule has 0 bridgehead atoms. The monoisotopic (exact) mass is 373 g/mol. The van der Waals surface area contributed by atoms with Crippen molar-refractivity contribution >= 4 is 21.7 Å². The Hall–Kier alpha value is -1.46. The fraction of sp³-hybridized carbons (Fsp3) is 0.444. The van der Waals surface area contributed by atoms with Gasteiger partial charge in [-0.2, -0.15) is 0 Å². The van der Waals surface area contributed by atoms with Crippen LogP contribution in [0.1, 0.15) is 19.4 Å². The molecule has 4 nitrogen and oxygen atoms in total. The van der Waals surface area contributed by atoms with Gasteiger partial charge in [0.2, 0.25) is 0 Å². The third-order valence-electron chi connectivity index (χ3n) is 4.60. The molecule has 1 aliphatic rings. The van der Waals surface area contributed by atoms with Crippen molar-refractivity contribution in [3.63, 3.8) is 0 Å². The third-order valence-corrected chi connectivity index (χ3v) is 5.07. The quantitative estimate of drug-likeness (QED) is 0.825. The Labute approximate surface area is 146 Å². The Morgan fingerprint density at radius 2 is 2.13 bits per heavy atom. The Kier molecular flexibility index (Phi) is 4.97. The molecule has 5 heteroatoms. The summed E-state index contributed by atoms with van der Waals surface area (Å²) in [7, 11) is 0. The van der Waals surface area contributed by atoms with E-state index in [1.807, 2.05) is 30.7 Å². The predicted molar refractivity (Wildman–Crippen MR) is 96.7 cm³/mol. The number of anilines is 1. The summed E-state index contributed by atoms with van der Waals surface area (Å²) in [6.07, 6.45) is 6.56. The molecule has 1 radical (unpaired) electrons. The lowest BCUT2D eigenvalue weighted by Gasteiger charge is -2.45. The maximum Gasteiger partial charge on any atom is 0.128 e. The van der Waals surface area contributed by atoms with Gasteiger partial charge >= 0.3 is 0 Å². The summed E-state index contributed by atoms with van der Waals surface area (Å²) in [5.41, 5.74) is 1.16. The number of halogens is 1. The highest BCUT2D eigenvalue weighted by atomic mass is 79.9. The lowest BCUT2D eigenvalue weighted by Crippen LogP contribution is -2.61. The zero-order valence-electron chi connectivity index (χ0n) is 13.6. The van der Waals surface area contributed by atoms with Crippen LogP contribution in [0.5, 0.6) is 0 Å². The average molecular weight is 374 g/mol. The van der Waals surface area contributed by atoms with Gasteiger partial charge in [0.15, 0.2) is 0 Å². The third kappa shape index (κ3) is 3.72. The lowest BCUT2D eigenvalue weighted by atomic mass is 9.79. The molecule has 0 aliphatic carbocycles. The number of piperazine rings is 1. The Morgan fingerprint density at radius 1 is 1.26 bits per heavy atom. The fourth-order valence-corrected chi connectivity index (χ4v) is 3.38. The lowest BCUT2D eigenvalue weighted by molar-refractivity contribution is 0.209. The van der Waals surface area contributed by atoms with E-state index >= 15 is 0 Å². The molecule has 1 unspecified atom stereocenters. The van der Waals surface area contributed by atoms with Gasteiger partial charge in [-0.05, 0) is 52.0 Å². The number of rotatable bonds is 4. The molecule has 23 heavy (non-hydrogen) atoms. The first-order chi connectivity index (χ1) is 11.1. The first-order valence-corrected chi connectivity index (χ1v) is 8.82. The number of hydrogen-bond acceptors (Lipinski definition) is 3. The molecule has 0 aromatic carbocycles. The number of hydrogen-bond donors (Lipinski definition) is 0. The molecular weight excluding hydrogens is 352 g/mol. The van der Waals surface area contributed by atoms with Crippen molar-refractivity contribution in [3.05, 3.63) is 52.9 Å². The highest BCUT2D eigenvalue weighted by Gasteiger charge is 2.39. The number of pyridine rings is 2. The summed E-state index contributed by atoms with van der Waals surface area (Å²) in [6, 6.07) is 8.26. The van der Waals surface area contributed by atoms with Crippen molar-refractivity contribution in [2.75, 3.05) is 24.5 Å². The number of aromatic nitrogens is 2. The van der Waals surface area contributed by atoms with Gasteiger partial charge in [0.1, 0.15) is 5.82 Å². The predicted octanol–water partition coefficient (Wildman–Crippen LogP) is 3.30. The van der Waals surface area contributed by atoms with E-state index in [9.17, 15) is 0 Å². The Balaban J connectivity index is 1.83. The van der Waals surface area contributed by atoms with E-state index in [2.05, 4.69) is 56.8 Å². The van der Waals surface area contributed by atoms with Crippen LogP contribution in [-0.4, -0.2) is 35.1 Å². The normalized spacial score (nSPS) is 21.7. The molecule has 2 aromatic rings. The first kappa shape index (κ1) is 16.4. The molecule has 0 spiro atoms. The van der Waals surface area contributed by atoms with Crippen LogP contribution in [0.25, 0.3) is 0 Å². The zero-order chi connectivity index (χ0) is 16.3. The van der Waals surface area contributed by atoms with Gasteiger partial charge in [-0.3, -0.25) is 4.98 Å². The van der Waals surface area contributed by atoms with Gasteiger partial charge in [-0.25, -0.2) is 10.3 Å². The van der Waals surface area contributed by atoms with Crippen molar-refractivity contribution < 1.29 is 0 Å². The van der Waals surface area contributed by atoms with E-state index in [4.69, 9.17) is 5.32 Å². The fourth-order valence-electron chi connectivity index (χ4n) is 3.14. The van der Waals surface area contributed by atoms with E-state index < -0.39 is 0 Å². The molecule has 1 fully saturated rings. The smallest absolute Gasteiger partial charge is 0.128 e. The van der Waals surface area contributed by atoms with Crippen LogP contribution in [0, 0.1) is 5.92 Å². The first-order valence-electron chi connectivity index (χ1n) is 8.03. The van der Waals surface area contributed by atoms with Crippen molar-refractivity contribution in [3.8, 4) is 0 Å². The van der Waals surface area contributed by atoms with E-state index in [1.165, 1.54) is 5.56 Å². The van der Waals surface area contributed by atoms with Crippen LogP contribution >= 0.6 is 15.9 Å². The Morgan fingerprint density at radius 3 is 2.78 bits per heavy atom. The second-order valence-electron chi connectivity index (χ2n) is 6.43. The van der Waals surface area contributed by atoms with Crippen molar-refractivity contribution in [1.82, 2.24) is 15.3 Å². The molecule has 0 N–H and O–H groups in total. The van der Waals surface area contributed by atoms with Gasteiger partial charge < -0.3 is 4.90 Å². The minimum absolute atomic E-state index is 0.0873. The second kappa shape index (κ2) is 6.97. The molecule has 1 aliphatic heterocycles. The average Bonchev–Trinajstić information content (AvgIpc) is 2.56. The van der Waals surface area contributed by atoms with Gasteiger partial charge in [0.25, 0.3) is 0 Å². The Bertz CT molecular complexity index is 629. The van der Waals surface area contributed by atoms with Crippen LogP contribution in [0.3, 0.4) is 0 Å². The summed E-state index contributed by atoms with van der Waals surface area (Å²) >= 11 is 3.45. The van der Waals surface area contributed by atoms with Crippen molar-refractivity contribution in [1.29, 1.82) is 0 Å². The molecule has 3 rings (SSSR count). The maximum absolute atomic E-state index is 5.04. The van der Waals surface area contributed by atoms with E-state index in [1.54, 1.807) is 0 Å². The minimum Gasteiger partial charge on any atom is -0.353 e. The largest absolute Gasteiger partial charge is 0.353 e. The van der Waals surface area contributed by atoms with Gasteiger partial charge in [-0.15, -0.1) is 0 Å². The van der Waals surface area contributed by atoms with E-state index in [0.29, 0.717) is 5.92 Å². The SMILES string of the molecule is CC(C)C1(Cc2cccnc2)CN(c2ccc(Br)cn2)CC[N]1. The van der Waals surface area contributed by atoms with Crippen LogP contribution in [0.15, 0.2) is 47.3 Å². The van der Waals surface area contributed by atoms with Crippen LogP contribution in [0.2, 0.25) is 0 Å². The summed E-state index contributed by atoms with van der Waals surface area (Å²) in [5.74, 6) is 1.49. The molecule has 0 amide bonds. The molecule has 0 saturated carbocycles. The van der Waals surface area contributed by atoms with Crippen LogP contribution in [0.4, 0.5) is 5.82 Å². The van der Waals surface area contributed by atoms with Gasteiger partial charge in [0.05, 0.1) is 5.54 Å². The summed E-state index contributed by atoms with van der Waals surface area (Å²) in [5, 5.41) is 5.04. The highest BCUT2D eigenvalue weighted by molar-refractivity contribution is 9.10. The van der Waals surface area contributed by atoms with Crippen molar-refractivity contribution in [2.24, 2.45) is 5.92 Å². The van der Waals surface area contributed by atoms with Crippen LogP contribution < -0.4 is 10.2 Å². The highest BCUT2D eigenvalue weighted by Crippen LogP contribution is 2.29. The minimum atomic E-state index is -0.0873. The van der Waals surface area contributed by atoms with Crippen molar-refractivity contribution in [2.45, 2.75) is 25.8 Å². The molecule has 2 aromatic heterocycles. The molecule has 121 valence electrons. The summed E-state index contributed by atoms with van der Waals surface area (Å²) in [6.45, 7) is 7.19. The molecule has 1 atom stereocenters. The van der Waals surface area contributed by atoms with E-state index in [0.717, 1.165) is 36.3 Å². The summed E-state index contributed by atoms with van der Waals surface area (Å²) in [4.78, 5) is 11.2. The zero-order valence-corrected chi connectivity index (χ0v) is 15.2.